The average molecular weight is 294 g/mol. The van der Waals surface area contributed by atoms with E-state index < -0.39 is 0 Å². The molecule has 1 heteroatoms. The van der Waals surface area contributed by atoms with Gasteiger partial charge in [-0.1, -0.05) is 65.8 Å². The maximum Gasteiger partial charge on any atom is 0.190 e. The van der Waals surface area contributed by atoms with Crippen LogP contribution in [0.4, 0.5) is 0 Å². The van der Waals surface area contributed by atoms with E-state index in [1.54, 1.807) is 0 Å². The number of carbonyl (C=O) groups excluding carboxylic acids is 1. The topological polar surface area (TPSA) is 17.1 Å². The van der Waals surface area contributed by atoms with Gasteiger partial charge in [0.2, 0.25) is 0 Å². The minimum atomic E-state index is 0.0716. The Morgan fingerprint density at radius 1 is 1.00 bits per heavy atom. The third-order valence-corrected chi connectivity index (χ3v) is 5.05. The van der Waals surface area contributed by atoms with Crippen molar-refractivity contribution in [3.8, 4) is 0 Å². The van der Waals surface area contributed by atoms with Crippen molar-refractivity contribution >= 4 is 11.4 Å². The van der Waals surface area contributed by atoms with E-state index in [1.807, 2.05) is 0 Å². The highest BCUT2D eigenvalue weighted by molar-refractivity contribution is 6.22. The van der Waals surface area contributed by atoms with E-state index in [9.17, 15) is 4.79 Å². The maximum atomic E-state index is 12.9. The molecule has 0 bridgehead atoms. The highest BCUT2D eigenvalue weighted by Gasteiger charge is 2.35. The van der Waals surface area contributed by atoms with Crippen molar-refractivity contribution in [3.63, 3.8) is 0 Å². The number of allylic oxidation sites excluding steroid dienone is 4. The molecule has 3 rings (SSSR count). The lowest BCUT2D eigenvalue weighted by molar-refractivity contribution is 0.102. The number of Topliss-reactive ketones (excluding diaryl/α,β-unsaturated/α-hetero) is 1. The van der Waals surface area contributed by atoms with E-state index >= 15 is 0 Å². The number of fused-ring (bicyclic) bond motifs is 2. The summed E-state index contributed by atoms with van der Waals surface area (Å²) in [5.41, 5.74) is 5.69. The van der Waals surface area contributed by atoms with Gasteiger partial charge in [0, 0.05) is 11.1 Å². The van der Waals surface area contributed by atoms with Crippen LogP contribution in [0.5, 0.6) is 0 Å². The second kappa shape index (κ2) is 4.68. The van der Waals surface area contributed by atoms with Gasteiger partial charge in [0.15, 0.2) is 5.78 Å². The standard InChI is InChI=1S/C21H26O/c1-20(2,3)13-7-9-15-16-10-8-14(21(4,5)6)12-18(16)19(22)17(15)11-13/h7-11,14H,12H2,1-6H3. The summed E-state index contributed by atoms with van der Waals surface area (Å²) in [7, 11) is 0. The second-order valence-electron chi connectivity index (χ2n) is 8.77. The lowest BCUT2D eigenvalue weighted by Crippen LogP contribution is -2.21. The van der Waals surface area contributed by atoms with Crippen molar-refractivity contribution in [1.82, 2.24) is 0 Å². The molecule has 0 N–H and O–H groups in total. The minimum absolute atomic E-state index is 0.0716. The molecule has 1 aromatic carbocycles. The molecule has 0 heterocycles. The molecule has 2 aliphatic carbocycles. The number of hydrogen-bond acceptors (Lipinski definition) is 1. The molecule has 2 aliphatic rings. The lowest BCUT2D eigenvalue weighted by atomic mass is 9.74. The van der Waals surface area contributed by atoms with Gasteiger partial charge in [-0.15, -0.1) is 0 Å². The molecule has 1 atom stereocenters. The SMILES string of the molecule is CC(C)(C)c1ccc2c(c1)C(=O)C1=C2C=CC(C(C)(C)C)C1. The molecule has 0 radical (unpaired) electrons. The molecule has 1 unspecified atom stereocenters. The predicted octanol–water partition coefficient (Wildman–Crippen LogP) is 5.56. The highest BCUT2D eigenvalue weighted by Crippen LogP contribution is 2.45. The van der Waals surface area contributed by atoms with Crippen LogP contribution in [-0.4, -0.2) is 5.78 Å². The molecule has 0 amide bonds. The summed E-state index contributed by atoms with van der Waals surface area (Å²) in [5.74, 6) is 0.682. The lowest BCUT2D eigenvalue weighted by Gasteiger charge is -2.30. The quantitative estimate of drug-likeness (QED) is 0.612. The summed E-state index contributed by atoms with van der Waals surface area (Å²) >= 11 is 0. The summed E-state index contributed by atoms with van der Waals surface area (Å²) in [5, 5.41) is 0. The first-order valence-corrected chi connectivity index (χ1v) is 8.20. The first kappa shape index (κ1) is 15.3. The van der Waals surface area contributed by atoms with E-state index in [0.29, 0.717) is 5.92 Å². The largest absolute Gasteiger partial charge is 0.289 e. The molecule has 0 saturated heterocycles. The predicted molar refractivity (Wildman–Crippen MR) is 93.1 cm³/mol. The summed E-state index contributed by atoms with van der Waals surface area (Å²) in [6.07, 6.45) is 5.34. The molecule has 0 spiro atoms. The smallest absolute Gasteiger partial charge is 0.190 e. The monoisotopic (exact) mass is 294 g/mol. The fraction of sp³-hybridized carbons (Fsp3) is 0.476. The van der Waals surface area contributed by atoms with Crippen molar-refractivity contribution in [3.05, 3.63) is 52.6 Å². The normalized spacial score (nSPS) is 21.2. The van der Waals surface area contributed by atoms with E-state index in [1.165, 1.54) is 5.56 Å². The van der Waals surface area contributed by atoms with Crippen LogP contribution < -0.4 is 0 Å². The summed E-state index contributed by atoms with van der Waals surface area (Å²) < 4.78 is 0. The molecule has 0 aromatic heterocycles. The van der Waals surface area contributed by atoms with Crippen LogP contribution >= 0.6 is 0 Å². The Labute approximate surface area is 134 Å². The van der Waals surface area contributed by atoms with Crippen LogP contribution in [0.15, 0.2) is 35.9 Å². The Morgan fingerprint density at radius 3 is 2.27 bits per heavy atom. The fourth-order valence-corrected chi connectivity index (χ4v) is 3.37. The van der Waals surface area contributed by atoms with Gasteiger partial charge >= 0.3 is 0 Å². The maximum absolute atomic E-state index is 12.9. The van der Waals surface area contributed by atoms with E-state index in [2.05, 4.69) is 71.9 Å². The summed E-state index contributed by atoms with van der Waals surface area (Å²) in [4.78, 5) is 12.9. The number of carbonyl (C=O) groups is 1. The van der Waals surface area contributed by atoms with Gasteiger partial charge in [-0.05, 0) is 45.9 Å². The van der Waals surface area contributed by atoms with E-state index in [0.717, 1.165) is 28.7 Å². The number of hydrogen-bond donors (Lipinski definition) is 0. The summed E-state index contributed by atoms with van der Waals surface area (Å²) in [6.45, 7) is 13.3. The Kier molecular flexibility index (Phi) is 3.25. The highest BCUT2D eigenvalue weighted by atomic mass is 16.1. The number of rotatable bonds is 0. The Bertz CT molecular complexity index is 702. The van der Waals surface area contributed by atoms with Crippen molar-refractivity contribution in [2.24, 2.45) is 11.3 Å². The van der Waals surface area contributed by atoms with Gasteiger partial charge in [0.25, 0.3) is 0 Å². The van der Waals surface area contributed by atoms with Crippen LogP contribution in [0.3, 0.4) is 0 Å². The molecular formula is C21H26O. The molecule has 116 valence electrons. The van der Waals surface area contributed by atoms with Gasteiger partial charge in [-0.2, -0.15) is 0 Å². The molecule has 1 nitrogen and oxygen atoms in total. The molecule has 0 saturated carbocycles. The Morgan fingerprint density at radius 2 is 1.68 bits per heavy atom. The van der Waals surface area contributed by atoms with E-state index in [-0.39, 0.29) is 16.6 Å². The average Bonchev–Trinajstić information content (AvgIpc) is 2.70. The van der Waals surface area contributed by atoms with Crippen molar-refractivity contribution < 1.29 is 4.79 Å². The molecule has 22 heavy (non-hydrogen) atoms. The molecule has 0 fully saturated rings. The Balaban J connectivity index is 2.01. The van der Waals surface area contributed by atoms with Crippen LogP contribution in [0, 0.1) is 11.3 Å². The molecule has 1 aromatic rings. The van der Waals surface area contributed by atoms with Crippen LogP contribution in [-0.2, 0) is 5.41 Å². The van der Waals surface area contributed by atoms with Crippen LogP contribution in [0.2, 0.25) is 0 Å². The van der Waals surface area contributed by atoms with Crippen molar-refractivity contribution in [1.29, 1.82) is 0 Å². The van der Waals surface area contributed by atoms with Crippen molar-refractivity contribution in [2.75, 3.05) is 0 Å². The van der Waals surface area contributed by atoms with Gasteiger partial charge in [-0.25, -0.2) is 0 Å². The van der Waals surface area contributed by atoms with E-state index in [4.69, 9.17) is 0 Å². The zero-order valence-corrected chi connectivity index (χ0v) is 14.6. The third kappa shape index (κ3) is 2.37. The zero-order valence-electron chi connectivity index (χ0n) is 14.6. The van der Waals surface area contributed by atoms with Crippen LogP contribution in [0.1, 0.15) is 69.4 Å². The molecule has 0 aliphatic heterocycles. The van der Waals surface area contributed by atoms with Gasteiger partial charge in [-0.3, -0.25) is 4.79 Å². The summed E-state index contributed by atoms with van der Waals surface area (Å²) in [6, 6.07) is 6.42. The fourth-order valence-electron chi connectivity index (χ4n) is 3.37. The zero-order chi connectivity index (χ0) is 16.3. The number of benzene rings is 1. The number of ketones is 1. The van der Waals surface area contributed by atoms with Gasteiger partial charge < -0.3 is 0 Å². The van der Waals surface area contributed by atoms with Crippen LogP contribution in [0.25, 0.3) is 5.57 Å². The minimum Gasteiger partial charge on any atom is -0.289 e. The molecular weight excluding hydrogens is 268 g/mol. The Hall–Kier alpha value is -1.63. The first-order valence-electron chi connectivity index (χ1n) is 8.20. The van der Waals surface area contributed by atoms with Crippen molar-refractivity contribution in [2.45, 2.75) is 53.4 Å². The third-order valence-electron chi connectivity index (χ3n) is 5.05. The van der Waals surface area contributed by atoms with Gasteiger partial charge in [0.05, 0.1) is 0 Å². The first-order chi connectivity index (χ1) is 10.1. The second-order valence-corrected chi connectivity index (χ2v) is 8.77. The van der Waals surface area contributed by atoms with Gasteiger partial charge in [0.1, 0.15) is 0 Å².